The Morgan fingerprint density at radius 2 is 2.16 bits per heavy atom. The van der Waals surface area contributed by atoms with Gasteiger partial charge in [0.05, 0.1) is 11.4 Å². The summed E-state index contributed by atoms with van der Waals surface area (Å²) in [4.78, 5) is 9.17. The third-order valence-electron chi connectivity index (χ3n) is 3.70. The van der Waals surface area contributed by atoms with E-state index >= 15 is 0 Å². The maximum atomic E-state index is 5.42. The van der Waals surface area contributed by atoms with Gasteiger partial charge in [-0.1, -0.05) is 0 Å². The Hall–Kier alpha value is -1.17. The zero-order valence-corrected chi connectivity index (χ0v) is 12.0. The summed E-state index contributed by atoms with van der Waals surface area (Å²) < 4.78 is 0. The standard InChI is InChI=1S/C14H25N5/c1-18(2)10-12-4-7-19(8-5-12)11-14-9-13(17-15)3-6-16-14/h3,6,9,12H,4-5,7-8,10-11,15H2,1-2H3,(H,16,17). The molecule has 106 valence electrons. The molecule has 0 bridgehead atoms. The predicted octanol–water partition coefficient (Wildman–Crippen LogP) is 1.14. The minimum atomic E-state index is 0.844. The van der Waals surface area contributed by atoms with E-state index < -0.39 is 0 Å². The number of pyridine rings is 1. The number of likely N-dealkylation sites (tertiary alicyclic amines) is 1. The molecule has 1 aliphatic rings. The van der Waals surface area contributed by atoms with Crippen LogP contribution in [0.4, 0.5) is 5.69 Å². The van der Waals surface area contributed by atoms with Crippen LogP contribution in [0.1, 0.15) is 18.5 Å². The second kappa shape index (κ2) is 6.84. The van der Waals surface area contributed by atoms with E-state index in [1.807, 2.05) is 18.3 Å². The van der Waals surface area contributed by atoms with Crippen molar-refractivity contribution in [2.24, 2.45) is 11.8 Å². The molecule has 2 heterocycles. The van der Waals surface area contributed by atoms with Crippen LogP contribution in [0.15, 0.2) is 18.3 Å². The Morgan fingerprint density at radius 1 is 1.42 bits per heavy atom. The van der Waals surface area contributed by atoms with Crippen molar-refractivity contribution < 1.29 is 0 Å². The molecule has 0 aliphatic carbocycles. The van der Waals surface area contributed by atoms with Gasteiger partial charge in [0, 0.05) is 19.3 Å². The van der Waals surface area contributed by atoms with E-state index in [1.165, 1.54) is 32.5 Å². The van der Waals surface area contributed by atoms with Gasteiger partial charge in [-0.3, -0.25) is 15.7 Å². The van der Waals surface area contributed by atoms with Crippen molar-refractivity contribution >= 4 is 5.69 Å². The fourth-order valence-electron chi connectivity index (χ4n) is 2.73. The number of hydrogen-bond acceptors (Lipinski definition) is 5. The first kappa shape index (κ1) is 14.2. The largest absolute Gasteiger partial charge is 0.324 e. The minimum Gasteiger partial charge on any atom is -0.324 e. The topological polar surface area (TPSA) is 57.4 Å². The van der Waals surface area contributed by atoms with Gasteiger partial charge in [0.25, 0.3) is 0 Å². The van der Waals surface area contributed by atoms with Crippen molar-refractivity contribution in [2.45, 2.75) is 19.4 Å². The lowest BCUT2D eigenvalue weighted by molar-refractivity contribution is 0.155. The Kier molecular flexibility index (Phi) is 5.13. The number of hydrazine groups is 1. The summed E-state index contributed by atoms with van der Waals surface area (Å²) in [6, 6.07) is 3.90. The highest BCUT2D eigenvalue weighted by atomic mass is 15.2. The number of nitrogens with one attached hydrogen (secondary N) is 1. The van der Waals surface area contributed by atoms with Crippen molar-refractivity contribution in [3.8, 4) is 0 Å². The van der Waals surface area contributed by atoms with Crippen LogP contribution in [-0.2, 0) is 6.54 Å². The number of rotatable bonds is 5. The molecular formula is C14H25N5. The van der Waals surface area contributed by atoms with Gasteiger partial charge < -0.3 is 10.3 Å². The molecule has 1 saturated heterocycles. The molecule has 1 fully saturated rings. The van der Waals surface area contributed by atoms with Crippen molar-refractivity contribution in [3.05, 3.63) is 24.0 Å². The monoisotopic (exact) mass is 263 g/mol. The van der Waals surface area contributed by atoms with Crippen LogP contribution in [0.3, 0.4) is 0 Å². The number of piperidine rings is 1. The number of anilines is 1. The van der Waals surface area contributed by atoms with E-state index in [2.05, 4.69) is 34.3 Å². The van der Waals surface area contributed by atoms with E-state index in [4.69, 9.17) is 5.84 Å². The second-order valence-electron chi connectivity index (χ2n) is 5.66. The van der Waals surface area contributed by atoms with Crippen LogP contribution in [0, 0.1) is 5.92 Å². The van der Waals surface area contributed by atoms with Gasteiger partial charge in [0.15, 0.2) is 0 Å². The third-order valence-corrected chi connectivity index (χ3v) is 3.70. The second-order valence-corrected chi connectivity index (χ2v) is 5.66. The zero-order chi connectivity index (χ0) is 13.7. The maximum absolute atomic E-state index is 5.42. The summed E-state index contributed by atoms with van der Waals surface area (Å²) in [5.74, 6) is 6.26. The molecule has 0 unspecified atom stereocenters. The van der Waals surface area contributed by atoms with Crippen molar-refractivity contribution in [1.29, 1.82) is 0 Å². The maximum Gasteiger partial charge on any atom is 0.0564 e. The lowest BCUT2D eigenvalue weighted by atomic mass is 9.96. The first-order valence-electron chi connectivity index (χ1n) is 6.96. The molecule has 1 aliphatic heterocycles. The van der Waals surface area contributed by atoms with Crippen molar-refractivity contribution in [1.82, 2.24) is 14.8 Å². The highest BCUT2D eigenvalue weighted by molar-refractivity contribution is 5.41. The molecular weight excluding hydrogens is 238 g/mol. The van der Waals surface area contributed by atoms with E-state index in [9.17, 15) is 0 Å². The Morgan fingerprint density at radius 3 is 2.79 bits per heavy atom. The van der Waals surface area contributed by atoms with Crippen LogP contribution in [0.5, 0.6) is 0 Å². The number of hydrogen-bond donors (Lipinski definition) is 2. The molecule has 5 heteroatoms. The lowest BCUT2D eigenvalue weighted by Gasteiger charge is -2.33. The average Bonchev–Trinajstić information content (AvgIpc) is 2.41. The van der Waals surface area contributed by atoms with Gasteiger partial charge in [-0.15, -0.1) is 0 Å². The van der Waals surface area contributed by atoms with Gasteiger partial charge >= 0.3 is 0 Å². The molecule has 1 aromatic heterocycles. The third kappa shape index (κ3) is 4.45. The molecule has 19 heavy (non-hydrogen) atoms. The molecule has 0 amide bonds. The summed E-state index contributed by atoms with van der Waals surface area (Å²) in [5.41, 5.74) is 4.68. The van der Waals surface area contributed by atoms with Gasteiger partial charge in [-0.25, -0.2) is 0 Å². The summed E-state index contributed by atoms with van der Waals surface area (Å²) in [7, 11) is 4.31. The number of aromatic nitrogens is 1. The van der Waals surface area contributed by atoms with Crippen LogP contribution in [0.25, 0.3) is 0 Å². The fraction of sp³-hybridized carbons (Fsp3) is 0.643. The van der Waals surface area contributed by atoms with Crippen LogP contribution >= 0.6 is 0 Å². The van der Waals surface area contributed by atoms with E-state index in [0.29, 0.717) is 0 Å². The Labute approximate surface area is 115 Å². The quantitative estimate of drug-likeness (QED) is 0.616. The molecule has 5 nitrogen and oxygen atoms in total. The zero-order valence-electron chi connectivity index (χ0n) is 12.0. The fourth-order valence-corrected chi connectivity index (χ4v) is 2.73. The predicted molar refractivity (Wildman–Crippen MR) is 78.6 cm³/mol. The van der Waals surface area contributed by atoms with Crippen LogP contribution in [0.2, 0.25) is 0 Å². The Bertz CT molecular complexity index is 385. The summed E-state index contributed by atoms with van der Waals surface area (Å²) in [6.07, 6.45) is 4.38. The molecule has 0 radical (unpaired) electrons. The van der Waals surface area contributed by atoms with Gasteiger partial charge in [-0.2, -0.15) is 0 Å². The molecule has 0 atom stereocenters. The summed E-state index contributed by atoms with van der Waals surface area (Å²) in [6.45, 7) is 4.46. The molecule has 0 saturated carbocycles. The Balaban J connectivity index is 1.81. The number of nitrogens with zero attached hydrogens (tertiary/aromatic N) is 3. The van der Waals surface area contributed by atoms with Gasteiger partial charge in [0.1, 0.15) is 0 Å². The van der Waals surface area contributed by atoms with Crippen LogP contribution in [-0.4, -0.2) is 48.5 Å². The lowest BCUT2D eigenvalue weighted by Crippen LogP contribution is -2.36. The van der Waals surface area contributed by atoms with Crippen molar-refractivity contribution in [2.75, 3.05) is 39.2 Å². The van der Waals surface area contributed by atoms with Gasteiger partial charge in [0.2, 0.25) is 0 Å². The summed E-state index contributed by atoms with van der Waals surface area (Å²) in [5, 5.41) is 0. The van der Waals surface area contributed by atoms with E-state index in [-0.39, 0.29) is 0 Å². The molecule has 0 aromatic carbocycles. The smallest absolute Gasteiger partial charge is 0.0564 e. The minimum absolute atomic E-state index is 0.844. The van der Waals surface area contributed by atoms with Gasteiger partial charge in [-0.05, 0) is 58.1 Å². The summed E-state index contributed by atoms with van der Waals surface area (Å²) >= 11 is 0. The molecule has 2 rings (SSSR count). The first-order valence-corrected chi connectivity index (χ1v) is 6.96. The molecule has 1 aromatic rings. The molecule has 3 N–H and O–H groups in total. The normalized spacial score (nSPS) is 17.9. The highest BCUT2D eigenvalue weighted by Crippen LogP contribution is 2.19. The average molecular weight is 263 g/mol. The first-order chi connectivity index (χ1) is 9.17. The number of nitrogen functional groups attached to an aromatic ring is 1. The van der Waals surface area contributed by atoms with E-state index in [0.717, 1.165) is 23.8 Å². The number of nitrogens with two attached hydrogens (primary N) is 1. The van der Waals surface area contributed by atoms with E-state index in [1.54, 1.807) is 0 Å². The van der Waals surface area contributed by atoms with Crippen LogP contribution < -0.4 is 11.3 Å². The van der Waals surface area contributed by atoms with Crippen molar-refractivity contribution in [3.63, 3.8) is 0 Å². The SMILES string of the molecule is CN(C)CC1CCN(Cc2cc(NN)ccn2)CC1. The highest BCUT2D eigenvalue weighted by Gasteiger charge is 2.19. The molecule has 0 spiro atoms.